The van der Waals surface area contributed by atoms with Crippen molar-refractivity contribution in [3.8, 4) is 11.4 Å². The van der Waals surface area contributed by atoms with Gasteiger partial charge >= 0.3 is 0 Å². The molecule has 0 saturated carbocycles. The normalized spacial score (nSPS) is 16.9. The molecular formula is C20H18N2O2. The van der Waals surface area contributed by atoms with Crippen LogP contribution in [0.2, 0.25) is 0 Å². The summed E-state index contributed by atoms with van der Waals surface area (Å²) in [6.07, 6.45) is 2.76. The van der Waals surface area contributed by atoms with Crippen molar-refractivity contribution in [3.63, 3.8) is 0 Å². The highest BCUT2D eigenvalue weighted by Crippen LogP contribution is 2.37. The number of rotatable bonds is 2. The highest BCUT2D eigenvalue weighted by Gasteiger charge is 2.31. The molecule has 120 valence electrons. The van der Waals surface area contributed by atoms with Gasteiger partial charge in [0.25, 0.3) is 0 Å². The lowest BCUT2D eigenvalue weighted by Gasteiger charge is -2.23. The smallest absolute Gasteiger partial charge is 0.166 e. The molecule has 0 saturated heterocycles. The van der Waals surface area contributed by atoms with Gasteiger partial charge in [0.05, 0.1) is 23.1 Å². The van der Waals surface area contributed by atoms with E-state index in [-0.39, 0.29) is 17.5 Å². The SMILES string of the molecule is Cc1ccc(-n2ncc3c2CC(c2ccccc2O)CC3=O)cc1. The van der Waals surface area contributed by atoms with Gasteiger partial charge in [-0.15, -0.1) is 0 Å². The number of hydrogen-bond acceptors (Lipinski definition) is 3. The van der Waals surface area contributed by atoms with Crippen molar-refractivity contribution in [3.05, 3.63) is 77.1 Å². The third-order valence-electron chi connectivity index (χ3n) is 4.70. The molecule has 1 aliphatic carbocycles. The molecule has 4 heteroatoms. The van der Waals surface area contributed by atoms with Gasteiger partial charge in [-0.05, 0) is 37.1 Å². The van der Waals surface area contributed by atoms with Crippen molar-refractivity contribution in [2.75, 3.05) is 0 Å². The lowest BCUT2D eigenvalue weighted by atomic mass is 9.82. The van der Waals surface area contributed by atoms with Crippen molar-refractivity contribution in [1.82, 2.24) is 9.78 Å². The zero-order chi connectivity index (χ0) is 16.7. The first-order chi connectivity index (χ1) is 11.6. The van der Waals surface area contributed by atoms with Crippen LogP contribution in [0, 0.1) is 6.92 Å². The van der Waals surface area contributed by atoms with Crippen molar-refractivity contribution in [1.29, 1.82) is 0 Å². The second-order valence-electron chi connectivity index (χ2n) is 6.34. The summed E-state index contributed by atoms with van der Waals surface area (Å²) in [6, 6.07) is 15.4. The molecule has 4 nitrogen and oxygen atoms in total. The van der Waals surface area contributed by atoms with Crippen LogP contribution >= 0.6 is 0 Å². The first-order valence-electron chi connectivity index (χ1n) is 8.08. The molecule has 1 aliphatic rings. The molecule has 4 rings (SSSR count). The average Bonchev–Trinajstić information content (AvgIpc) is 3.00. The van der Waals surface area contributed by atoms with E-state index in [1.54, 1.807) is 18.3 Å². The number of carbonyl (C=O) groups is 1. The molecule has 0 spiro atoms. The van der Waals surface area contributed by atoms with Crippen LogP contribution < -0.4 is 0 Å². The van der Waals surface area contributed by atoms with E-state index < -0.39 is 0 Å². The second-order valence-corrected chi connectivity index (χ2v) is 6.34. The van der Waals surface area contributed by atoms with Crippen molar-refractivity contribution in [2.24, 2.45) is 0 Å². The Morgan fingerprint density at radius 1 is 1.08 bits per heavy atom. The van der Waals surface area contributed by atoms with E-state index in [2.05, 4.69) is 5.10 Å². The van der Waals surface area contributed by atoms with Crippen LogP contribution in [0.3, 0.4) is 0 Å². The summed E-state index contributed by atoms with van der Waals surface area (Å²) in [7, 11) is 0. The van der Waals surface area contributed by atoms with Gasteiger partial charge in [0, 0.05) is 12.3 Å². The summed E-state index contributed by atoms with van der Waals surface area (Å²) in [5, 5.41) is 14.6. The maximum absolute atomic E-state index is 12.5. The standard InChI is InChI=1S/C20H18N2O2/c1-13-6-8-15(9-7-13)22-18-10-14(11-20(24)17(18)12-21-22)16-4-2-3-5-19(16)23/h2-9,12,14,23H,10-11H2,1H3. The number of hydrogen-bond donors (Lipinski definition) is 1. The Morgan fingerprint density at radius 2 is 1.83 bits per heavy atom. The molecule has 0 aliphatic heterocycles. The number of aryl methyl sites for hydroxylation is 1. The molecule has 1 aromatic heterocycles. The maximum Gasteiger partial charge on any atom is 0.166 e. The van der Waals surface area contributed by atoms with Gasteiger partial charge in [0.1, 0.15) is 5.75 Å². The van der Waals surface area contributed by atoms with Crippen LogP contribution in [0.1, 0.15) is 39.5 Å². The van der Waals surface area contributed by atoms with Crippen molar-refractivity contribution < 1.29 is 9.90 Å². The number of phenolic OH excluding ortho intramolecular Hbond substituents is 1. The number of Topliss-reactive ketones (excluding diaryl/α,β-unsaturated/α-hetero) is 1. The van der Waals surface area contributed by atoms with Crippen LogP contribution in [-0.2, 0) is 6.42 Å². The van der Waals surface area contributed by atoms with E-state index in [9.17, 15) is 9.90 Å². The maximum atomic E-state index is 12.5. The molecule has 1 heterocycles. The Bertz CT molecular complexity index is 910. The van der Waals surface area contributed by atoms with E-state index in [1.165, 1.54) is 5.56 Å². The fraction of sp³-hybridized carbons (Fsp3) is 0.200. The summed E-state index contributed by atoms with van der Waals surface area (Å²) < 4.78 is 1.85. The van der Waals surface area contributed by atoms with Gasteiger partial charge in [0.2, 0.25) is 0 Å². The molecule has 0 radical (unpaired) electrons. The molecule has 1 unspecified atom stereocenters. The predicted octanol–water partition coefficient (Wildman–Crippen LogP) is 3.80. The van der Waals surface area contributed by atoms with E-state index in [0.717, 1.165) is 16.9 Å². The summed E-state index contributed by atoms with van der Waals surface area (Å²) >= 11 is 0. The number of aromatic hydroxyl groups is 1. The zero-order valence-corrected chi connectivity index (χ0v) is 13.4. The van der Waals surface area contributed by atoms with Crippen LogP contribution in [0.25, 0.3) is 5.69 Å². The Morgan fingerprint density at radius 3 is 2.58 bits per heavy atom. The topological polar surface area (TPSA) is 55.1 Å². The van der Waals surface area contributed by atoms with Gasteiger partial charge in [-0.2, -0.15) is 5.10 Å². The number of fused-ring (bicyclic) bond motifs is 1. The predicted molar refractivity (Wildman–Crippen MR) is 91.8 cm³/mol. The number of para-hydroxylation sites is 1. The Balaban J connectivity index is 1.76. The molecule has 24 heavy (non-hydrogen) atoms. The minimum absolute atomic E-state index is 0.0212. The zero-order valence-electron chi connectivity index (χ0n) is 13.4. The highest BCUT2D eigenvalue weighted by atomic mass is 16.3. The lowest BCUT2D eigenvalue weighted by Crippen LogP contribution is -2.20. The molecule has 1 N–H and O–H groups in total. The van der Waals surface area contributed by atoms with Crippen molar-refractivity contribution in [2.45, 2.75) is 25.7 Å². The number of benzene rings is 2. The summed E-state index contributed by atoms with van der Waals surface area (Å²) in [5.41, 5.74) is 4.58. The van der Waals surface area contributed by atoms with Crippen LogP contribution in [0.4, 0.5) is 0 Å². The average molecular weight is 318 g/mol. The number of ketones is 1. The van der Waals surface area contributed by atoms with Gasteiger partial charge in [-0.25, -0.2) is 4.68 Å². The Kier molecular flexibility index (Phi) is 3.45. The minimum Gasteiger partial charge on any atom is -0.508 e. The summed E-state index contributed by atoms with van der Waals surface area (Å²) in [6.45, 7) is 2.04. The third kappa shape index (κ3) is 2.40. The fourth-order valence-corrected chi connectivity index (χ4v) is 3.40. The number of phenols is 1. The van der Waals surface area contributed by atoms with Crippen LogP contribution in [-0.4, -0.2) is 20.7 Å². The molecule has 3 aromatic rings. The molecule has 0 fully saturated rings. The molecule has 0 bridgehead atoms. The third-order valence-corrected chi connectivity index (χ3v) is 4.70. The lowest BCUT2D eigenvalue weighted by molar-refractivity contribution is 0.0963. The first-order valence-corrected chi connectivity index (χ1v) is 8.08. The van der Waals surface area contributed by atoms with Gasteiger partial charge < -0.3 is 5.11 Å². The first kappa shape index (κ1) is 14.7. The van der Waals surface area contributed by atoms with Gasteiger partial charge in [0.15, 0.2) is 5.78 Å². The second kappa shape index (κ2) is 5.64. The van der Waals surface area contributed by atoms with E-state index >= 15 is 0 Å². The van der Waals surface area contributed by atoms with Gasteiger partial charge in [-0.3, -0.25) is 4.79 Å². The van der Waals surface area contributed by atoms with Gasteiger partial charge in [-0.1, -0.05) is 35.9 Å². The van der Waals surface area contributed by atoms with E-state index in [0.29, 0.717) is 18.4 Å². The molecule has 1 atom stereocenters. The number of nitrogens with zero attached hydrogens (tertiary/aromatic N) is 2. The summed E-state index contributed by atoms with van der Waals surface area (Å²) in [4.78, 5) is 12.5. The summed E-state index contributed by atoms with van der Waals surface area (Å²) in [5.74, 6) is 0.315. The van der Waals surface area contributed by atoms with E-state index in [1.807, 2.05) is 48.0 Å². The van der Waals surface area contributed by atoms with Crippen LogP contribution in [0.5, 0.6) is 5.75 Å². The molecule has 0 amide bonds. The minimum atomic E-state index is -0.0212. The molecular weight excluding hydrogens is 300 g/mol. The number of carbonyl (C=O) groups excluding carboxylic acids is 1. The van der Waals surface area contributed by atoms with Crippen LogP contribution in [0.15, 0.2) is 54.7 Å². The quantitative estimate of drug-likeness (QED) is 0.782. The van der Waals surface area contributed by atoms with Crippen molar-refractivity contribution >= 4 is 5.78 Å². The monoisotopic (exact) mass is 318 g/mol. The highest BCUT2D eigenvalue weighted by molar-refractivity contribution is 5.98. The molecule has 2 aromatic carbocycles. The Hall–Kier alpha value is -2.88. The fourth-order valence-electron chi connectivity index (χ4n) is 3.40. The Labute approximate surface area is 140 Å². The number of aromatic nitrogens is 2. The van der Waals surface area contributed by atoms with E-state index in [4.69, 9.17) is 0 Å². The largest absolute Gasteiger partial charge is 0.508 e.